The van der Waals surface area contributed by atoms with E-state index < -0.39 is 29.2 Å². The number of carbonyl (C=O) groups excluding carboxylic acids is 1. The van der Waals surface area contributed by atoms with Gasteiger partial charge in [0.25, 0.3) is 5.91 Å². The van der Waals surface area contributed by atoms with Crippen LogP contribution in [-0.2, 0) is 12.0 Å². The third-order valence-corrected chi connectivity index (χ3v) is 7.58. The lowest BCUT2D eigenvalue weighted by atomic mass is 9.80. The van der Waals surface area contributed by atoms with Crippen LogP contribution in [0.15, 0.2) is 48.5 Å². The average molecular weight is 543 g/mol. The summed E-state index contributed by atoms with van der Waals surface area (Å²) < 4.78 is 43.5. The number of hydrogen-bond donors (Lipinski definition) is 3. The van der Waals surface area contributed by atoms with Gasteiger partial charge in [-0.3, -0.25) is 4.79 Å². The number of aliphatic hydroxyl groups excluding tert-OH is 1. The van der Waals surface area contributed by atoms with Crippen molar-refractivity contribution in [3.63, 3.8) is 0 Å². The van der Waals surface area contributed by atoms with Gasteiger partial charge in [0.1, 0.15) is 18.2 Å². The van der Waals surface area contributed by atoms with Crippen molar-refractivity contribution < 1.29 is 28.2 Å². The molecule has 0 aliphatic carbocycles. The third-order valence-electron chi connectivity index (χ3n) is 7.21. The fourth-order valence-electron chi connectivity index (χ4n) is 5.47. The van der Waals surface area contributed by atoms with E-state index in [9.17, 15) is 9.90 Å². The molecule has 2 aliphatic rings. The number of rotatable bonds is 7. The summed E-state index contributed by atoms with van der Waals surface area (Å²) in [5, 5.41) is 15.4. The Morgan fingerprint density at radius 3 is 2.68 bits per heavy atom. The molecule has 1 amide bonds. The van der Waals surface area contributed by atoms with Crippen LogP contribution in [-0.4, -0.2) is 43.4 Å². The lowest BCUT2D eigenvalue weighted by molar-refractivity contribution is 0.0539. The third kappa shape index (κ3) is 4.51. The van der Waals surface area contributed by atoms with E-state index in [4.69, 9.17) is 21.1 Å². The maximum Gasteiger partial charge on any atom is 0.251 e. The highest BCUT2D eigenvalue weighted by Gasteiger charge is 2.50. The number of hydrogen-bond acceptors (Lipinski definition) is 5. The Labute approximate surface area is 224 Å². The monoisotopic (exact) mass is 542 g/mol. The van der Waals surface area contributed by atoms with Gasteiger partial charge in [-0.25, -0.2) is 8.78 Å². The SMILES string of the molecule is CNC(=O)c1ccc(OC[C@H](C)O)c(F)c1-c1c(Cl)c(F)cc2c1CC(c1ccccc1)([C@@H]1CCCN1)O2. The van der Waals surface area contributed by atoms with Crippen LogP contribution in [0.1, 0.15) is 41.3 Å². The highest BCUT2D eigenvalue weighted by Crippen LogP contribution is 2.52. The molecule has 0 bridgehead atoms. The molecule has 2 heterocycles. The fraction of sp³-hybridized carbons (Fsp3) is 0.345. The van der Waals surface area contributed by atoms with Gasteiger partial charge in [-0.1, -0.05) is 41.9 Å². The second kappa shape index (κ2) is 10.5. The van der Waals surface area contributed by atoms with Crippen LogP contribution >= 0.6 is 11.6 Å². The van der Waals surface area contributed by atoms with Crippen LogP contribution in [0, 0.1) is 11.6 Å². The van der Waals surface area contributed by atoms with Gasteiger partial charge in [0.2, 0.25) is 0 Å². The molecule has 0 aromatic heterocycles. The Bertz CT molecular complexity index is 1360. The summed E-state index contributed by atoms with van der Waals surface area (Å²) in [5.74, 6) is -2.18. The average Bonchev–Trinajstić information content (AvgIpc) is 3.58. The summed E-state index contributed by atoms with van der Waals surface area (Å²) in [5.41, 5.74) is 0.372. The number of carbonyl (C=O) groups is 1. The number of nitrogens with one attached hydrogen (secondary N) is 2. The molecule has 1 fully saturated rings. The normalized spacial score (nSPS) is 21.1. The van der Waals surface area contributed by atoms with Crippen molar-refractivity contribution in [2.24, 2.45) is 0 Å². The predicted molar refractivity (Wildman–Crippen MR) is 141 cm³/mol. The molecule has 0 saturated carbocycles. The maximum absolute atomic E-state index is 16.1. The Kier molecular flexibility index (Phi) is 7.31. The molecule has 3 N–H and O–H groups in total. The van der Waals surface area contributed by atoms with Crippen LogP contribution in [0.5, 0.6) is 11.5 Å². The van der Waals surface area contributed by atoms with Crippen molar-refractivity contribution in [3.05, 3.63) is 81.9 Å². The number of halogens is 3. The zero-order chi connectivity index (χ0) is 27.0. The molecular weight excluding hydrogens is 514 g/mol. The fourth-order valence-corrected chi connectivity index (χ4v) is 5.73. The van der Waals surface area contributed by atoms with Gasteiger partial charge < -0.3 is 25.2 Å². The van der Waals surface area contributed by atoms with Crippen molar-refractivity contribution >= 4 is 17.5 Å². The number of benzene rings is 3. The number of fused-ring (bicyclic) bond motifs is 1. The minimum Gasteiger partial charge on any atom is -0.488 e. The summed E-state index contributed by atoms with van der Waals surface area (Å²) in [7, 11) is 1.43. The molecule has 1 saturated heterocycles. The van der Waals surface area contributed by atoms with E-state index in [-0.39, 0.29) is 52.3 Å². The zero-order valence-electron chi connectivity index (χ0n) is 21.1. The van der Waals surface area contributed by atoms with Crippen molar-refractivity contribution in [1.82, 2.24) is 10.6 Å². The van der Waals surface area contributed by atoms with Gasteiger partial charge >= 0.3 is 0 Å². The van der Waals surface area contributed by atoms with Crippen molar-refractivity contribution in [2.75, 3.05) is 20.2 Å². The molecule has 0 radical (unpaired) electrons. The van der Waals surface area contributed by atoms with E-state index in [0.717, 1.165) is 24.9 Å². The first-order valence-corrected chi connectivity index (χ1v) is 13.0. The predicted octanol–water partition coefficient (Wildman–Crippen LogP) is 4.99. The standard InChI is InChI=1S/C29H29ClF2N2O4/c1-16(35)15-37-21-11-10-18(28(36)33-2)25(27(21)32)24-19-14-29(23-9-6-12-34-23,17-7-4-3-5-8-17)38-22(19)13-20(31)26(24)30/h3-5,7-8,10-11,13,16,23,34-35H,6,9,12,14-15H2,1-2H3,(H,33,36)/t16-,23-,29?/m0/s1. The zero-order valence-corrected chi connectivity index (χ0v) is 21.9. The second-order valence-electron chi connectivity index (χ2n) is 9.75. The Balaban J connectivity index is 1.73. The molecule has 0 spiro atoms. The Morgan fingerprint density at radius 1 is 1.26 bits per heavy atom. The van der Waals surface area contributed by atoms with Crippen LogP contribution in [0.25, 0.3) is 11.1 Å². The summed E-state index contributed by atoms with van der Waals surface area (Å²) >= 11 is 6.56. The molecule has 3 atom stereocenters. The number of aliphatic hydroxyl groups is 1. The van der Waals surface area contributed by atoms with Gasteiger partial charge in [0.05, 0.1) is 22.7 Å². The maximum atomic E-state index is 16.1. The summed E-state index contributed by atoms with van der Waals surface area (Å²) in [4.78, 5) is 12.9. The summed E-state index contributed by atoms with van der Waals surface area (Å²) in [6.07, 6.45) is 1.23. The number of ether oxygens (including phenoxy) is 2. The summed E-state index contributed by atoms with van der Waals surface area (Å²) in [6.45, 7) is 2.16. The highest BCUT2D eigenvalue weighted by atomic mass is 35.5. The first-order chi connectivity index (χ1) is 18.3. The first kappa shape index (κ1) is 26.4. The van der Waals surface area contributed by atoms with Crippen molar-refractivity contribution in [3.8, 4) is 22.6 Å². The van der Waals surface area contributed by atoms with E-state index in [0.29, 0.717) is 5.56 Å². The molecule has 9 heteroatoms. The molecule has 3 aromatic rings. The van der Waals surface area contributed by atoms with E-state index in [2.05, 4.69) is 10.6 Å². The first-order valence-electron chi connectivity index (χ1n) is 12.6. The molecule has 5 rings (SSSR count). The molecule has 1 unspecified atom stereocenters. The largest absolute Gasteiger partial charge is 0.488 e. The van der Waals surface area contributed by atoms with Gasteiger partial charge in [0, 0.05) is 36.2 Å². The van der Waals surface area contributed by atoms with E-state index >= 15 is 8.78 Å². The Morgan fingerprint density at radius 2 is 2.03 bits per heavy atom. The summed E-state index contributed by atoms with van der Waals surface area (Å²) in [6, 6.07) is 13.5. The minimum atomic E-state index is -0.879. The molecular formula is C29H29ClF2N2O4. The smallest absolute Gasteiger partial charge is 0.251 e. The number of amides is 1. The van der Waals surface area contributed by atoms with E-state index in [1.165, 1.54) is 32.2 Å². The van der Waals surface area contributed by atoms with Crippen LogP contribution in [0.4, 0.5) is 8.78 Å². The molecule has 6 nitrogen and oxygen atoms in total. The van der Waals surface area contributed by atoms with Crippen LogP contribution in [0.2, 0.25) is 5.02 Å². The van der Waals surface area contributed by atoms with Gasteiger partial charge in [-0.05, 0) is 44.0 Å². The topological polar surface area (TPSA) is 79.8 Å². The van der Waals surface area contributed by atoms with Crippen LogP contribution in [0.3, 0.4) is 0 Å². The minimum absolute atomic E-state index is 0.0275. The van der Waals surface area contributed by atoms with Crippen molar-refractivity contribution in [2.45, 2.75) is 43.9 Å². The van der Waals surface area contributed by atoms with Crippen molar-refractivity contribution in [1.29, 1.82) is 0 Å². The molecule has 3 aromatic carbocycles. The van der Waals surface area contributed by atoms with Gasteiger partial charge in [-0.15, -0.1) is 0 Å². The van der Waals surface area contributed by atoms with E-state index in [1.54, 1.807) is 0 Å². The van der Waals surface area contributed by atoms with Gasteiger partial charge in [0.15, 0.2) is 17.2 Å². The molecule has 2 aliphatic heterocycles. The lowest BCUT2D eigenvalue weighted by Gasteiger charge is -2.35. The van der Waals surface area contributed by atoms with Gasteiger partial charge in [-0.2, -0.15) is 0 Å². The quantitative estimate of drug-likeness (QED) is 0.392. The molecule has 200 valence electrons. The van der Waals surface area contributed by atoms with E-state index in [1.807, 2.05) is 30.3 Å². The van der Waals surface area contributed by atoms with Crippen LogP contribution < -0.4 is 20.1 Å². The molecule has 38 heavy (non-hydrogen) atoms. The highest BCUT2D eigenvalue weighted by molar-refractivity contribution is 6.34. The Hall–Kier alpha value is -3.20. The lowest BCUT2D eigenvalue weighted by Crippen LogP contribution is -2.48. The second-order valence-corrected chi connectivity index (χ2v) is 10.1.